The van der Waals surface area contributed by atoms with Crippen LogP contribution in [0.4, 0.5) is 0 Å². The molecule has 2 saturated carbocycles. The van der Waals surface area contributed by atoms with Gasteiger partial charge in [0.25, 0.3) is 0 Å². The van der Waals surface area contributed by atoms with E-state index >= 15 is 0 Å². The van der Waals surface area contributed by atoms with Crippen LogP contribution >= 0.6 is 0 Å². The molecule has 37 heavy (non-hydrogen) atoms. The second kappa shape index (κ2) is 17.4. The molecule has 0 aromatic carbocycles. The lowest BCUT2D eigenvalue weighted by atomic mass is 9.87. The van der Waals surface area contributed by atoms with E-state index in [2.05, 4.69) is 32.1 Å². The number of aliphatic hydroxyl groups is 1. The van der Waals surface area contributed by atoms with Gasteiger partial charge in [-0.1, -0.05) is 45.1 Å². The van der Waals surface area contributed by atoms with E-state index in [1.807, 2.05) is 13.0 Å². The summed E-state index contributed by atoms with van der Waals surface area (Å²) in [5.41, 5.74) is -0.647. The zero-order chi connectivity index (χ0) is 27.8. The minimum atomic E-state index is -0.647. The van der Waals surface area contributed by atoms with Crippen molar-refractivity contribution in [2.24, 2.45) is 23.7 Å². The number of Topliss-reactive ketones (excluding diaryl/α,β-unsaturated/α-hetero) is 3. The topological polar surface area (TPSA) is 97.7 Å². The molecule has 0 spiro atoms. The van der Waals surface area contributed by atoms with Gasteiger partial charge in [0.1, 0.15) is 23.0 Å². The first-order chi connectivity index (χ1) is 17.6. The Balaban J connectivity index is 0.000000384. The van der Waals surface area contributed by atoms with Crippen molar-refractivity contribution < 1.29 is 29.0 Å². The molecule has 2 rings (SSSR count). The lowest BCUT2D eigenvalue weighted by molar-refractivity contribution is -0.159. The molecule has 6 heteroatoms. The Morgan fingerprint density at radius 3 is 1.78 bits per heavy atom. The van der Waals surface area contributed by atoms with Gasteiger partial charge in [0.15, 0.2) is 0 Å². The van der Waals surface area contributed by atoms with E-state index in [-0.39, 0.29) is 36.1 Å². The highest BCUT2D eigenvalue weighted by Gasteiger charge is 2.36. The normalized spacial score (nSPS) is 24.1. The number of ketones is 3. The molecule has 0 saturated heterocycles. The van der Waals surface area contributed by atoms with Gasteiger partial charge in [-0.3, -0.25) is 19.2 Å². The fraction of sp³-hybridized carbons (Fsp3) is 0.742. The predicted octanol–water partition coefficient (Wildman–Crippen LogP) is 6.34. The maximum Gasteiger partial charge on any atom is 0.306 e. The van der Waals surface area contributed by atoms with Crippen molar-refractivity contribution in [1.82, 2.24) is 0 Å². The first-order valence-electron chi connectivity index (χ1n) is 14.3. The summed E-state index contributed by atoms with van der Waals surface area (Å²) in [5.74, 6) is 1.12. The lowest BCUT2D eigenvalue weighted by Crippen LogP contribution is -2.30. The van der Waals surface area contributed by atoms with E-state index < -0.39 is 5.60 Å². The Hall–Kier alpha value is -2.08. The van der Waals surface area contributed by atoms with E-state index in [0.29, 0.717) is 56.0 Å². The molecular weight excluding hydrogens is 468 g/mol. The minimum absolute atomic E-state index is 0.00731. The van der Waals surface area contributed by atoms with Crippen molar-refractivity contribution in [3.63, 3.8) is 0 Å². The molecule has 1 N–H and O–H groups in total. The maximum atomic E-state index is 12.0. The number of carbonyl (C=O) groups is 4. The first kappa shape index (κ1) is 32.9. The fourth-order valence-corrected chi connectivity index (χ4v) is 5.23. The van der Waals surface area contributed by atoms with Crippen LogP contribution in [0.25, 0.3) is 0 Å². The van der Waals surface area contributed by atoms with E-state index in [4.69, 9.17) is 9.84 Å². The Morgan fingerprint density at radius 1 is 0.865 bits per heavy atom. The molecule has 0 radical (unpaired) electrons. The van der Waals surface area contributed by atoms with Crippen LogP contribution in [-0.2, 0) is 23.9 Å². The molecule has 0 aromatic heterocycles. The highest BCUT2D eigenvalue weighted by molar-refractivity contribution is 5.86. The Kier molecular flexibility index (Phi) is 15.5. The smallest absolute Gasteiger partial charge is 0.306 e. The number of carbonyl (C=O) groups excluding carboxylic acids is 4. The van der Waals surface area contributed by atoms with Crippen LogP contribution in [0.15, 0.2) is 24.3 Å². The molecule has 4 atom stereocenters. The zero-order valence-electron chi connectivity index (χ0n) is 23.8. The molecule has 0 aliphatic heterocycles. The van der Waals surface area contributed by atoms with Gasteiger partial charge in [-0.05, 0) is 64.2 Å². The summed E-state index contributed by atoms with van der Waals surface area (Å²) >= 11 is 0. The van der Waals surface area contributed by atoms with E-state index in [0.717, 1.165) is 38.5 Å². The summed E-state index contributed by atoms with van der Waals surface area (Å²) in [6, 6.07) is 0. The number of allylic oxidation sites excluding steroid dienone is 4. The average Bonchev–Trinajstić information content (AvgIpc) is 3.36. The molecule has 0 amide bonds. The van der Waals surface area contributed by atoms with Crippen molar-refractivity contribution >= 4 is 23.3 Å². The second-order valence-corrected chi connectivity index (χ2v) is 11.0. The monoisotopic (exact) mass is 518 g/mol. The highest BCUT2D eigenvalue weighted by Crippen LogP contribution is 2.35. The van der Waals surface area contributed by atoms with Crippen LogP contribution in [0.3, 0.4) is 0 Å². The van der Waals surface area contributed by atoms with Crippen molar-refractivity contribution in [1.29, 1.82) is 0 Å². The lowest BCUT2D eigenvalue weighted by Gasteiger charge is -2.25. The van der Waals surface area contributed by atoms with E-state index in [1.54, 1.807) is 13.8 Å². The standard InChI is InChI=1S/C17H28O4.C14H22O2/c1-4-5-6-7-14-13(8-9-15(14)19)12-16(20)21-17(2,3)10-11-18;1-3-5-6-7-13-11(8-9-14(13)16)10-12(15)4-2/h5-6,13-14,18H,4,7-12H2,1-3H3;5-6,11,13H,3-4,7-10H2,1-2H3/b2*6-5-. The summed E-state index contributed by atoms with van der Waals surface area (Å²) in [5, 5.41) is 8.95. The van der Waals surface area contributed by atoms with E-state index in [9.17, 15) is 19.2 Å². The van der Waals surface area contributed by atoms with Crippen molar-refractivity contribution in [3.05, 3.63) is 24.3 Å². The van der Waals surface area contributed by atoms with Gasteiger partial charge >= 0.3 is 5.97 Å². The fourth-order valence-electron chi connectivity index (χ4n) is 5.23. The van der Waals surface area contributed by atoms with Gasteiger partial charge in [-0.2, -0.15) is 0 Å². The number of hydrogen-bond donors (Lipinski definition) is 1. The molecule has 0 bridgehead atoms. The molecular formula is C31H50O6. The van der Waals surface area contributed by atoms with Gasteiger partial charge in [0, 0.05) is 57.0 Å². The number of rotatable bonds is 14. The largest absolute Gasteiger partial charge is 0.460 e. The number of aliphatic hydroxyl groups excluding tert-OH is 1. The van der Waals surface area contributed by atoms with Crippen LogP contribution < -0.4 is 0 Å². The Labute approximate surface area is 224 Å². The number of esters is 1. The molecule has 210 valence electrons. The van der Waals surface area contributed by atoms with Gasteiger partial charge < -0.3 is 9.84 Å². The quantitative estimate of drug-likeness (QED) is 0.213. The summed E-state index contributed by atoms with van der Waals surface area (Å²) in [6.45, 7) is 9.62. The summed E-state index contributed by atoms with van der Waals surface area (Å²) in [4.78, 5) is 47.1. The van der Waals surface area contributed by atoms with Crippen LogP contribution in [0.1, 0.15) is 112 Å². The number of hydrogen-bond acceptors (Lipinski definition) is 6. The maximum absolute atomic E-state index is 12.0. The SMILES string of the molecule is CC/C=C\CC1C(=O)CCC1CC(=O)CC.CC/C=C\CC1C(=O)CCC1CC(=O)OC(C)(C)CCO. The van der Waals surface area contributed by atoms with E-state index in [1.165, 1.54) is 0 Å². The van der Waals surface area contributed by atoms with Gasteiger partial charge in [-0.15, -0.1) is 0 Å². The third kappa shape index (κ3) is 12.3. The molecule has 2 fully saturated rings. The highest BCUT2D eigenvalue weighted by atomic mass is 16.6. The molecule has 2 aliphatic carbocycles. The summed E-state index contributed by atoms with van der Waals surface area (Å²) < 4.78 is 5.42. The third-order valence-corrected chi connectivity index (χ3v) is 7.49. The third-order valence-electron chi connectivity index (χ3n) is 7.49. The van der Waals surface area contributed by atoms with Gasteiger partial charge in [0.05, 0.1) is 0 Å². The molecule has 4 unspecified atom stereocenters. The van der Waals surface area contributed by atoms with Gasteiger partial charge in [0.2, 0.25) is 0 Å². The van der Waals surface area contributed by atoms with Crippen LogP contribution in [0.5, 0.6) is 0 Å². The van der Waals surface area contributed by atoms with Crippen LogP contribution in [0.2, 0.25) is 0 Å². The summed E-state index contributed by atoms with van der Waals surface area (Å²) in [6.07, 6.45) is 16.7. The number of ether oxygens (including phenoxy) is 1. The Bertz CT molecular complexity index is 794. The van der Waals surface area contributed by atoms with Crippen LogP contribution in [-0.4, -0.2) is 40.6 Å². The van der Waals surface area contributed by atoms with Crippen molar-refractivity contribution in [2.45, 2.75) is 117 Å². The van der Waals surface area contributed by atoms with Crippen molar-refractivity contribution in [2.75, 3.05) is 6.61 Å². The molecule has 0 aromatic rings. The summed E-state index contributed by atoms with van der Waals surface area (Å²) in [7, 11) is 0. The molecule has 2 aliphatic rings. The Morgan fingerprint density at radius 2 is 1.35 bits per heavy atom. The molecule has 0 heterocycles. The molecule has 6 nitrogen and oxygen atoms in total. The van der Waals surface area contributed by atoms with Crippen LogP contribution in [0, 0.1) is 23.7 Å². The first-order valence-corrected chi connectivity index (χ1v) is 14.3. The van der Waals surface area contributed by atoms with Crippen molar-refractivity contribution in [3.8, 4) is 0 Å². The van der Waals surface area contributed by atoms with Gasteiger partial charge in [-0.25, -0.2) is 0 Å². The predicted molar refractivity (Wildman–Crippen MR) is 147 cm³/mol. The average molecular weight is 519 g/mol. The second-order valence-electron chi connectivity index (χ2n) is 11.0. The zero-order valence-corrected chi connectivity index (χ0v) is 23.8. The minimum Gasteiger partial charge on any atom is -0.460 e.